The minimum absolute atomic E-state index is 0.0497. The molecule has 0 saturated carbocycles. The number of pyridine rings is 1. The highest BCUT2D eigenvalue weighted by atomic mass is 35.5. The molecule has 0 N–H and O–H groups in total. The van der Waals surface area contributed by atoms with Gasteiger partial charge in [0.15, 0.2) is 0 Å². The van der Waals surface area contributed by atoms with Crippen LogP contribution in [0.1, 0.15) is 36.2 Å². The van der Waals surface area contributed by atoms with Gasteiger partial charge < -0.3 is 9.32 Å². The number of hydrogen-bond acceptors (Lipinski definition) is 5. The van der Waals surface area contributed by atoms with Gasteiger partial charge in [-0.25, -0.2) is 9.88 Å². The molecule has 37 heavy (non-hydrogen) atoms. The van der Waals surface area contributed by atoms with Crippen molar-refractivity contribution in [1.29, 1.82) is 0 Å². The van der Waals surface area contributed by atoms with Crippen molar-refractivity contribution in [1.82, 2.24) is 9.88 Å². The molecule has 2 saturated heterocycles. The fraction of sp³-hybridized carbons (Fsp3) is 0.214. The van der Waals surface area contributed by atoms with Crippen molar-refractivity contribution in [2.75, 3.05) is 18.0 Å². The first kappa shape index (κ1) is 23.7. The average molecular weight is 534 g/mol. The van der Waals surface area contributed by atoms with Crippen LogP contribution in [0.15, 0.2) is 59.0 Å². The molecular weight excluding hydrogens is 513 g/mol. The van der Waals surface area contributed by atoms with Crippen LogP contribution in [-0.2, 0) is 9.59 Å². The highest BCUT2D eigenvalue weighted by molar-refractivity contribution is 6.33. The lowest BCUT2D eigenvalue weighted by Gasteiger charge is -2.18. The molecule has 2 fully saturated rings. The van der Waals surface area contributed by atoms with Gasteiger partial charge in [0.1, 0.15) is 5.69 Å². The van der Waals surface area contributed by atoms with Crippen molar-refractivity contribution in [3.8, 4) is 22.4 Å². The Morgan fingerprint density at radius 1 is 0.892 bits per heavy atom. The molecule has 0 radical (unpaired) electrons. The smallest absolute Gasteiger partial charge is 0.291 e. The second-order valence-electron chi connectivity index (χ2n) is 9.13. The number of carbonyl (C=O) groups is 3. The van der Waals surface area contributed by atoms with E-state index in [2.05, 4.69) is 0 Å². The summed E-state index contributed by atoms with van der Waals surface area (Å²) in [6.45, 7) is 1.18. The summed E-state index contributed by atoms with van der Waals surface area (Å²) in [5.74, 6) is -1.14. The number of aromatic nitrogens is 1. The normalized spacial score (nSPS) is 15.8. The summed E-state index contributed by atoms with van der Waals surface area (Å²) >= 11 is 12.7. The molecule has 0 bridgehead atoms. The molecule has 2 aliphatic rings. The largest absolute Gasteiger partial charge is 0.430 e. The Labute approximate surface area is 222 Å². The number of benzene rings is 2. The molecule has 9 heteroatoms. The summed E-state index contributed by atoms with van der Waals surface area (Å²) in [6.07, 6.45) is 1.94. The van der Waals surface area contributed by atoms with Crippen molar-refractivity contribution >= 4 is 57.7 Å². The zero-order valence-electron chi connectivity index (χ0n) is 19.7. The van der Waals surface area contributed by atoms with Crippen molar-refractivity contribution in [3.63, 3.8) is 0 Å². The number of nitrogens with zero attached hydrogens (tertiary/aromatic N) is 3. The molecule has 0 aliphatic carbocycles. The van der Waals surface area contributed by atoms with E-state index in [1.54, 1.807) is 23.1 Å². The van der Waals surface area contributed by atoms with Gasteiger partial charge in [-0.2, -0.15) is 0 Å². The molecule has 4 heterocycles. The van der Waals surface area contributed by atoms with Gasteiger partial charge in [0, 0.05) is 47.1 Å². The number of carbonyl (C=O) groups excluding carboxylic acids is 3. The number of furan rings is 1. The number of imide groups is 1. The highest BCUT2D eigenvalue weighted by Gasteiger charge is 2.39. The monoisotopic (exact) mass is 533 g/mol. The van der Waals surface area contributed by atoms with Crippen LogP contribution in [0.25, 0.3) is 33.5 Å². The van der Waals surface area contributed by atoms with E-state index >= 15 is 0 Å². The van der Waals surface area contributed by atoms with Gasteiger partial charge in [-0.1, -0.05) is 53.5 Å². The standard InChI is InChI=1S/C28H21Cl2N3O4/c29-17-9-7-16(8-10-17)19-15-20-25(33-22(34)11-12-23(33)35)26(28(36)32-13-3-4-14-32)37-27(20)31-24(19)18-5-1-2-6-21(18)30/h1-2,5-10,15H,3-4,11-14H2. The molecule has 7 nitrogen and oxygen atoms in total. The fourth-order valence-electron chi connectivity index (χ4n) is 4.98. The van der Waals surface area contributed by atoms with E-state index in [9.17, 15) is 14.4 Å². The molecule has 2 aromatic carbocycles. The summed E-state index contributed by atoms with van der Waals surface area (Å²) < 4.78 is 6.08. The summed E-state index contributed by atoms with van der Waals surface area (Å²) in [5.41, 5.74) is 3.02. The summed E-state index contributed by atoms with van der Waals surface area (Å²) in [4.78, 5) is 46.8. The Morgan fingerprint density at radius 2 is 1.57 bits per heavy atom. The maximum Gasteiger partial charge on any atom is 0.291 e. The van der Waals surface area contributed by atoms with Gasteiger partial charge in [-0.15, -0.1) is 0 Å². The molecule has 2 aliphatic heterocycles. The van der Waals surface area contributed by atoms with Gasteiger partial charge in [0.05, 0.1) is 11.1 Å². The Morgan fingerprint density at radius 3 is 2.24 bits per heavy atom. The van der Waals surface area contributed by atoms with Gasteiger partial charge in [0.2, 0.25) is 23.3 Å². The number of fused-ring (bicyclic) bond motifs is 1. The highest BCUT2D eigenvalue weighted by Crippen LogP contribution is 2.43. The second-order valence-corrected chi connectivity index (χ2v) is 9.97. The van der Waals surface area contributed by atoms with E-state index in [0.717, 1.165) is 23.3 Å². The maximum absolute atomic E-state index is 13.5. The molecule has 0 spiro atoms. The van der Waals surface area contributed by atoms with Crippen LogP contribution in [0.5, 0.6) is 0 Å². The van der Waals surface area contributed by atoms with E-state index in [1.165, 1.54) is 0 Å². The Kier molecular flexibility index (Phi) is 5.97. The molecule has 186 valence electrons. The van der Waals surface area contributed by atoms with Gasteiger partial charge in [-0.05, 0) is 42.7 Å². The van der Waals surface area contributed by atoms with Crippen molar-refractivity contribution < 1.29 is 18.8 Å². The molecule has 4 aromatic rings. The van der Waals surface area contributed by atoms with Crippen LogP contribution in [0.2, 0.25) is 10.0 Å². The summed E-state index contributed by atoms with van der Waals surface area (Å²) in [7, 11) is 0. The lowest BCUT2D eigenvalue weighted by Crippen LogP contribution is -2.33. The molecule has 3 amide bonds. The summed E-state index contributed by atoms with van der Waals surface area (Å²) in [5, 5.41) is 1.48. The number of anilines is 1. The number of hydrogen-bond donors (Lipinski definition) is 0. The number of rotatable bonds is 4. The van der Waals surface area contributed by atoms with Gasteiger partial charge >= 0.3 is 0 Å². The number of amides is 3. The zero-order chi connectivity index (χ0) is 25.7. The topological polar surface area (TPSA) is 83.7 Å². The lowest BCUT2D eigenvalue weighted by molar-refractivity contribution is -0.121. The molecule has 6 rings (SSSR count). The van der Waals surface area contributed by atoms with Crippen LogP contribution >= 0.6 is 23.2 Å². The lowest BCUT2D eigenvalue weighted by atomic mass is 9.98. The van der Waals surface area contributed by atoms with E-state index in [1.807, 2.05) is 36.4 Å². The maximum atomic E-state index is 13.5. The average Bonchev–Trinajstić information content (AvgIpc) is 3.63. The Bertz CT molecular complexity index is 1560. The zero-order valence-corrected chi connectivity index (χ0v) is 21.2. The number of halogens is 2. The second kappa shape index (κ2) is 9.32. The third-order valence-corrected chi connectivity index (χ3v) is 7.38. The van der Waals surface area contributed by atoms with Crippen molar-refractivity contribution in [2.24, 2.45) is 0 Å². The predicted octanol–water partition coefficient (Wildman–Crippen LogP) is 6.36. The quantitative estimate of drug-likeness (QED) is 0.285. The molecule has 2 aromatic heterocycles. The van der Waals surface area contributed by atoms with E-state index < -0.39 is 0 Å². The van der Waals surface area contributed by atoms with Gasteiger partial charge in [-0.3, -0.25) is 14.4 Å². The van der Waals surface area contributed by atoms with E-state index in [-0.39, 0.29) is 47.7 Å². The van der Waals surface area contributed by atoms with E-state index in [4.69, 9.17) is 32.6 Å². The predicted molar refractivity (Wildman–Crippen MR) is 142 cm³/mol. The van der Waals surface area contributed by atoms with E-state index in [0.29, 0.717) is 45.3 Å². The first-order valence-corrected chi connectivity index (χ1v) is 12.8. The SMILES string of the molecule is O=C(c1oc2nc(-c3ccccc3Cl)c(-c3ccc(Cl)cc3)cc2c1N1C(=O)CCC1=O)N1CCCC1. The summed E-state index contributed by atoms with van der Waals surface area (Å²) in [6, 6.07) is 16.4. The third-order valence-electron chi connectivity index (χ3n) is 6.80. The van der Waals surface area contributed by atoms with Crippen LogP contribution in [0, 0.1) is 0 Å². The molecule has 0 unspecified atom stereocenters. The van der Waals surface area contributed by atoms with Crippen LogP contribution in [-0.4, -0.2) is 40.7 Å². The fourth-order valence-corrected chi connectivity index (χ4v) is 5.33. The van der Waals surface area contributed by atoms with Crippen LogP contribution in [0.3, 0.4) is 0 Å². The minimum Gasteiger partial charge on any atom is -0.430 e. The van der Waals surface area contributed by atoms with Crippen LogP contribution in [0.4, 0.5) is 5.69 Å². The minimum atomic E-state index is -0.369. The van der Waals surface area contributed by atoms with Gasteiger partial charge in [0.25, 0.3) is 5.91 Å². The number of likely N-dealkylation sites (tertiary alicyclic amines) is 1. The molecular formula is C28H21Cl2N3O4. The van der Waals surface area contributed by atoms with Crippen molar-refractivity contribution in [3.05, 3.63) is 70.4 Å². The molecule has 0 atom stereocenters. The Balaban J connectivity index is 1.65. The Hall–Kier alpha value is -3.68. The first-order chi connectivity index (χ1) is 17.9. The third kappa shape index (κ3) is 4.08. The van der Waals surface area contributed by atoms with Crippen molar-refractivity contribution in [2.45, 2.75) is 25.7 Å². The first-order valence-electron chi connectivity index (χ1n) is 12.1. The van der Waals surface area contributed by atoms with Crippen LogP contribution < -0.4 is 4.90 Å².